The summed E-state index contributed by atoms with van der Waals surface area (Å²) >= 11 is 0. The number of carbonyl (C=O) groups excluding carboxylic acids is 1. The Kier molecular flexibility index (Phi) is 56.7. The number of nitrogens with one attached hydrogen (secondary N) is 1. The predicted molar refractivity (Wildman–Crippen MR) is 350 cm³/mol. The highest BCUT2D eigenvalue weighted by Gasteiger charge is 2.44. The molecule has 1 fully saturated rings. The molecule has 470 valence electrons. The quantitative estimate of drug-likeness (QED) is 0.0261. The minimum absolute atomic E-state index is 0.213. The van der Waals surface area contributed by atoms with E-state index in [4.69, 9.17) is 9.47 Å². The van der Waals surface area contributed by atoms with Crippen LogP contribution in [0.4, 0.5) is 0 Å². The van der Waals surface area contributed by atoms with Crippen molar-refractivity contribution in [3.63, 3.8) is 0 Å². The van der Waals surface area contributed by atoms with Crippen LogP contribution >= 0.6 is 0 Å². The SMILES string of the molecule is CC/C=C\C/C=C\C/C=C\C/C=C\C/C=C\C/C=C\C/C=C\CCCCCCCC(=O)NC(COC1OC(CO)C(O)C(O)C1O)C(O)/C=C/CC/C=C/CC/C=C/CCCCCCCCCCCCCCCCCCCCCCCC. The largest absolute Gasteiger partial charge is 0.394 e. The van der Waals surface area contributed by atoms with Crippen LogP contribution in [-0.2, 0) is 14.3 Å². The van der Waals surface area contributed by atoms with Crippen LogP contribution in [0.5, 0.6) is 0 Å². The highest BCUT2D eigenvalue weighted by atomic mass is 16.7. The fraction of sp³-hybridized carbons (Fsp3) is 0.712. The van der Waals surface area contributed by atoms with Crippen molar-refractivity contribution in [1.29, 1.82) is 0 Å². The van der Waals surface area contributed by atoms with Gasteiger partial charge in [-0.3, -0.25) is 4.79 Å². The summed E-state index contributed by atoms with van der Waals surface area (Å²) in [6, 6.07) is -0.850. The minimum atomic E-state index is -1.59. The third-order valence-electron chi connectivity index (χ3n) is 15.2. The van der Waals surface area contributed by atoms with E-state index in [9.17, 15) is 30.3 Å². The maximum Gasteiger partial charge on any atom is 0.220 e. The molecule has 0 aromatic rings. The molecule has 1 heterocycles. The second-order valence-corrected chi connectivity index (χ2v) is 22.9. The van der Waals surface area contributed by atoms with Crippen LogP contribution < -0.4 is 5.32 Å². The van der Waals surface area contributed by atoms with Gasteiger partial charge in [0.1, 0.15) is 24.4 Å². The maximum atomic E-state index is 13.1. The fourth-order valence-electron chi connectivity index (χ4n) is 9.99. The summed E-state index contributed by atoms with van der Waals surface area (Å²) in [6.07, 6.45) is 84.4. The van der Waals surface area contributed by atoms with E-state index >= 15 is 0 Å². The molecule has 6 N–H and O–H groups in total. The number of aliphatic hydroxyl groups is 5. The Labute approximate surface area is 503 Å². The zero-order valence-corrected chi connectivity index (χ0v) is 52.5. The first-order chi connectivity index (χ1) is 40.3. The van der Waals surface area contributed by atoms with Gasteiger partial charge in [0.25, 0.3) is 0 Å². The van der Waals surface area contributed by atoms with Crippen LogP contribution in [0.1, 0.15) is 277 Å². The third-order valence-corrected chi connectivity index (χ3v) is 15.2. The van der Waals surface area contributed by atoms with Gasteiger partial charge in [0, 0.05) is 6.42 Å². The van der Waals surface area contributed by atoms with Crippen molar-refractivity contribution in [3.8, 4) is 0 Å². The Morgan fingerprint density at radius 3 is 1.17 bits per heavy atom. The van der Waals surface area contributed by atoms with E-state index in [0.717, 1.165) is 116 Å². The first kappa shape index (κ1) is 76.6. The lowest BCUT2D eigenvalue weighted by Crippen LogP contribution is -2.60. The van der Waals surface area contributed by atoms with E-state index < -0.39 is 49.5 Å². The molecule has 0 spiro atoms. The average molecular weight is 1140 g/mol. The second-order valence-electron chi connectivity index (χ2n) is 22.9. The van der Waals surface area contributed by atoms with E-state index in [1.165, 1.54) is 141 Å². The summed E-state index contributed by atoms with van der Waals surface area (Å²) in [5.74, 6) is -0.213. The smallest absolute Gasteiger partial charge is 0.220 e. The average Bonchev–Trinajstić information content (AvgIpc) is 3.53. The van der Waals surface area contributed by atoms with Gasteiger partial charge in [-0.25, -0.2) is 0 Å². The van der Waals surface area contributed by atoms with Gasteiger partial charge in [-0.15, -0.1) is 0 Å². The third kappa shape index (κ3) is 48.9. The number of allylic oxidation sites excluding steroid dienone is 19. The molecule has 9 nitrogen and oxygen atoms in total. The molecule has 0 aromatic carbocycles. The zero-order chi connectivity index (χ0) is 59.3. The highest BCUT2D eigenvalue weighted by molar-refractivity contribution is 5.76. The normalized spacial score (nSPS) is 19.1. The van der Waals surface area contributed by atoms with Crippen molar-refractivity contribution in [2.75, 3.05) is 13.2 Å². The Hall–Kier alpha value is -3.41. The van der Waals surface area contributed by atoms with Crippen molar-refractivity contribution < 1.29 is 39.8 Å². The zero-order valence-electron chi connectivity index (χ0n) is 52.5. The van der Waals surface area contributed by atoms with Crippen molar-refractivity contribution in [2.24, 2.45) is 0 Å². The topological polar surface area (TPSA) is 149 Å². The lowest BCUT2D eigenvalue weighted by atomic mass is 9.99. The van der Waals surface area contributed by atoms with Crippen molar-refractivity contribution in [3.05, 3.63) is 122 Å². The summed E-state index contributed by atoms with van der Waals surface area (Å²) < 4.78 is 11.3. The lowest BCUT2D eigenvalue weighted by Gasteiger charge is -2.40. The van der Waals surface area contributed by atoms with Gasteiger partial charge in [-0.05, 0) is 103 Å². The van der Waals surface area contributed by atoms with Crippen LogP contribution in [-0.4, -0.2) is 87.5 Å². The molecule has 7 unspecified atom stereocenters. The summed E-state index contributed by atoms with van der Waals surface area (Å²) in [7, 11) is 0. The maximum absolute atomic E-state index is 13.1. The monoisotopic (exact) mass is 1140 g/mol. The van der Waals surface area contributed by atoms with Crippen molar-refractivity contribution in [1.82, 2.24) is 5.32 Å². The highest BCUT2D eigenvalue weighted by Crippen LogP contribution is 2.23. The van der Waals surface area contributed by atoms with Crippen LogP contribution in [0.15, 0.2) is 122 Å². The predicted octanol–water partition coefficient (Wildman–Crippen LogP) is 18.2. The van der Waals surface area contributed by atoms with E-state index in [-0.39, 0.29) is 12.5 Å². The molecular formula is C73H125NO8. The van der Waals surface area contributed by atoms with Crippen molar-refractivity contribution >= 4 is 5.91 Å². The van der Waals surface area contributed by atoms with Crippen LogP contribution in [0.25, 0.3) is 0 Å². The summed E-state index contributed by atoms with van der Waals surface area (Å²) in [5.41, 5.74) is 0. The van der Waals surface area contributed by atoms with Gasteiger partial charge in [0.05, 0.1) is 25.4 Å². The van der Waals surface area contributed by atoms with Crippen LogP contribution in [0.2, 0.25) is 0 Å². The Morgan fingerprint density at radius 2 is 0.768 bits per heavy atom. The molecule has 1 aliphatic heterocycles. The number of ether oxygens (including phenoxy) is 2. The second kappa shape index (κ2) is 60.7. The van der Waals surface area contributed by atoms with Gasteiger partial charge < -0.3 is 40.3 Å². The number of carbonyl (C=O) groups is 1. The van der Waals surface area contributed by atoms with E-state index in [0.29, 0.717) is 6.42 Å². The van der Waals surface area contributed by atoms with Gasteiger partial charge in [-0.2, -0.15) is 0 Å². The van der Waals surface area contributed by atoms with E-state index in [1.807, 2.05) is 6.08 Å². The molecule has 1 rings (SSSR count). The minimum Gasteiger partial charge on any atom is -0.394 e. The molecular weight excluding hydrogens is 1020 g/mol. The van der Waals surface area contributed by atoms with Gasteiger partial charge in [0.15, 0.2) is 6.29 Å². The van der Waals surface area contributed by atoms with Gasteiger partial charge in [-0.1, -0.05) is 289 Å². The fourth-order valence-corrected chi connectivity index (χ4v) is 9.99. The molecule has 1 amide bonds. The molecule has 1 saturated heterocycles. The molecule has 9 heteroatoms. The number of rotatable bonds is 57. The van der Waals surface area contributed by atoms with Gasteiger partial charge in [0.2, 0.25) is 5.91 Å². The molecule has 7 atom stereocenters. The summed E-state index contributed by atoms with van der Waals surface area (Å²) in [5, 5.41) is 54.7. The lowest BCUT2D eigenvalue weighted by molar-refractivity contribution is -0.302. The number of amides is 1. The molecule has 0 radical (unpaired) electrons. The number of hydrogen-bond acceptors (Lipinski definition) is 8. The van der Waals surface area contributed by atoms with Gasteiger partial charge >= 0.3 is 0 Å². The Balaban J connectivity index is 2.22. The standard InChI is InChI=1S/C73H125NO8/c1-3-5-7-9-11-13-15-17-19-21-23-25-27-29-31-32-33-34-35-37-38-40-42-44-46-48-50-52-54-56-58-60-62-67(76)66(65-81-73-72(80)71(79)70(78)68(64-75)82-73)74-69(77)63-61-59-57-55-53-51-49-47-45-43-41-39-36-30-28-26-24-22-20-18-16-14-12-10-8-6-4-2/h6,8,12,14,18,20,24,26,30,36,41,43-44,46-47,49,52,54,60,62,66-68,70-73,75-76,78-80H,3-5,7,9-11,13,15-17,19,21-23,25,27-29,31-35,37-40,42,45,48,50-51,53,55-59,61,63-65H2,1-2H3,(H,74,77)/b8-6-,14-12-,20-18-,26-24-,36-30-,43-41-,46-44+,49-47-,54-52+,62-60+. The van der Waals surface area contributed by atoms with E-state index in [2.05, 4.69) is 129 Å². The number of unbranched alkanes of at least 4 members (excludes halogenated alkanes) is 29. The van der Waals surface area contributed by atoms with Crippen LogP contribution in [0, 0.1) is 0 Å². The molecule has 82 heavy (non-hydrogen) atoms. The molecule has 0 saturated carbocycles. The Bertz CT molecular complexity index is 1710. The Morgan fingerprint density at radius 1 is 0.427 bits per heavy atom. The number of aliphatic hydroxyl groups excluding tert-OH is 5. The van der Waals surface area contributed by atoms with Crippen LogP contribution in [0.3, 0.4) is 0 Å². The molecule has 1 aliphatic rings. The molecule has 0 aromatic heterocycles. The van der Waals surface area contributed by atoms with E-state index in [1.54, 1.807) is 6.08 Å². The summed E-state index contributed by atoms with van der Waals surface area (Å²) in [6.45, 7) is 3.65. The molecule has 0 bridgehead atoms. The first-order valence-electron chi connectivity index (χ1n) is 33.8. The number of hydrogen-bond donors (Lipinski definition) is 6. The molecule has 0 aliphatic carbocycles. The summed E-state index contributed by atoms with van der Waals surface area (Å²) in [4.78, 5) is 13.1. The van der Waals surface area contributed by atoms with Crippen molar-refractivity contribution in [2.45, 2.75) is 320 Å². The first-order valence-corrected chi connectivity index (χ1v) is 33.8.